The molecule has 4 rings (SSSR count). The fourth-order valence-electron chi connectivity index (χ4n) is 5.31. The highest BCUT2D eigenvalue weighted by atomic mass is 35.5. The van der Waals surface area contributed by atoms with Crippen molar-refractivity contribution in [3.63, 3.8) is 0 Å². The van der Waals surface area contributed by atoms with Gasteiger partial charge in [0.1, 0.15) is 5.75 Å². The summed E-state index contributed by atoms with van der Waals surface area (Å²) in [4.78, 5) is 19.8. The number of aryl methyl sites for hydroxylation is 1. The molecule has 3 aromatic rings. The molecule has 0 saturated heterocycles. The maximum Gasteiger partial charge on any atom is 0.261 e. The molecule has 2 aromatic carbocycles. The first kappa shape index (κ1) is 37.6. The number of rotatable bonds is 9. The van der Waals surface area contributed by atoms with E-state index < -0.39 is 38.1 Å². The molecule has 48 heavy (non-hydrogen) atoms. The number of likely N-dealkylation sites (N-methyl/N-ethyl adjacent to an activating group) is 1. The highest BCUT2D eigenvalue weighted by Gasteiger charge is 2.33. The van der Waals surface area contributed by atoms with Gasteiger partial charge in [0.05, 0.1) is 41.6 Å². The number of carbonyl (C=O) groups is 1. The van der Waals surface area contributed by atoms with Crippen molar-refractivity contribution in [1.82, 2.24) is 18.8 Å². The van der Waals surface area contributed by atoms with Gasteiger partial charge in [-0.1, -0.05) is 18.5 Å². The molecule has 1 amide bonds. The van der Waals surface area contributed by atoms with E-state index >= 15 is 0 Å². The lowest BCUT2D eigenvalue weighted by Crippen LogP contribution is -2.48. The smallest absolute Gasteiger partial charge is 0.261 e. The number of benzene rings is 2. The number of ether oxygens (including phenoxy) is 2. The van der Waals surface area contributed by atoms with Gasteiger partial charge in [0, 0.05) is 56.6 Å². The lowest BCUT2D eigenvalue weighted by Gasteiger charge is -2.35. The average Bonchev–Trinajstić information content (AvgIpc) is 3.49. The number of sulfonamides is 2. The van der Waals surface area contributed by atoms with E-state index in [1.807, 2.05) is 13.8 Å². The summed E-state index contributed by atoms with van der Waals surface area (Å²) in [5.41, 5.74) is 0.247. The first-order valence-corrected chi connectivity index (χ1v) is 19.0. The molecule has 264 valence electrons. The number of nitrogens with one attached hydrogen (secondary N) is 1. The summed E-state index contributed by atoms with van der Waals surface area (Å²) in [7, 11) is -4.78. The molecule has 0 fully saturated rings. The van der Waals surface area contributed by atoms with Crippen molar-refractivity contribution in [3.05, 3.63) is 65.6 Å². The topological polar surface area (TPSA) is 160 Å². The Balaban J connectivity index is 1.68. The molecule has 0 spiro atoms. The van der Waals surface area contributed by atoms with Crippen molar-refractivity contribution < 1.29 is 36.2 Å². The fourth-order valence-corrected chi connectivity index (χ4v) is 7.63. The maximum atomic E-state index is 14.3. The number of nitrogens with zero attached hydrogens (tertiary/aromatic N) is 4. The SMILES string of the molecule is C[C@H](CO)N1C[C@H](C)[C@@H](CN(C)S(=O)(=O)c2cn(C)cn2)OCCCC[C@H](C)Oc2ccc(NS(=O)(=O)c3ccc(Cl)cc3)cc2C1=O. The van der Waals surface area contributed by atoms with Crippen LogP contribution in [0.1, 0.15) is 50.4 Å². The van der Waals surface area contributed by atoms with Crippen molar-refractivity contribution in [2.45, 2.75) is 68.2 Å². The van der Waals surface area contributed by atoms with Gasteiger partial charge in [0.2, 0.25) is 0 Å². The molecule has 0 saturated carbocycles. The van der Waals surface area contributed by atoms with Crippen LogP contribution in [0.5, 0.6) is 5.75 Å². The molecule has 1 aromatic heterocycles. The number of hydrogen-bond donors (Lipinski definition) is 2. The maximum absolute atomic E-state index is 14.3. The molecule has 0 unspecified atom stereocenters. The van der Waals surface area contributed by atoms with Crippen LogP contribution in [0, 0.1) is 5.92 Å². The number of anilines is 1. The average molecular weight is 726 g/mol. The standard InChI is InChI=1S/C32H44ClN5O8S2/c1-22-17-38(23(2)20-39)32(40)28-16-26(35-47(41,42)27-12-9-25(33)10-13-27)11-14-29(28)46-24(3)8-6-7-15-45-30(22)18-37(5)48(43,44)31-19-36(4)21-34-31/h9-14,16,19,21-24,30,35,39H,6-8,15,17-18,20H2,1-5H3/t22-,23+,24-,30+/m0/s1. The molecule has 2 N–H and O–H groups in total. The van der Waals surface area contributed by atoms with Gasteiger partial charge in [0.25, 0.3) is 26.0 Å². The minimum absolute atomic E-state index is 0.00232. The second kappa shape index (κ2) is 16.0. The van der Waals surface area contributed by atoms with Crippen molar-refractivity contribution in [2.75, 3.05) is 38.1 Å². The summed E-state index contributed by atoms with van der Waals surface area (Å²) in [6.07, 6.45) is 4.04. The van der Waals surface area contributed by atoms with E-state index in [-0.39, 0.29) is 58.6 Å². The molecule has 13 nitrogen and oxygen atoms in total. The van der Waals surface area contributed by atoms with E-state index in [0.717, 1.165) is 6.42 Å². The first-order valence-electron chi connectivity index (χ1n) is 15.7. The molecule has 4 atom stereocenters. The van der Waals surface area contributed by atoms with Crippen molar-refractivity contribution >= 4 is 43.2 Å². The van der Waals surface area contributed by atoms with E-state index in [9.17, 15) is 26.7 Å². The lowest BCUT2D eigenvalue weighted by molar-refractivity contribution is -0.00835. The number of imidazole rings is 1. The number of aliphatic hydroxyl groups excluding tert-OH is 1. The van der Waals surface area contributed by atoms with Crippen LogP contribution in [0.4, 0.5) is 5.69 Å². The van der Waals surface area contributed by atoms with Crippen molar-refractivity contribution in [2.24, 2.45) is 13.0 Å². The van der Waals surface area contributed by atoms with Gasteiger partial charge >= 0.3 is 0 Å². The van der Waals surface area contributed by atoms with E-state index in [0.29, 0.717) is 24.5 Å². The second-order valence-electron chi connectivity index (χ2n) is 12.2. The van der Waals surface area contributed by atoms with E-state index in [1.165, 1.54) is 65.2 Å². The van der Waals surface area contributed by atoms with Gasteiger partial charge < -0.3 is 24.0 Å². The monoisotopic (exact) mass is 725 g/mol. The fraction of sp³-hybridized carbons (Fsp3) is 0.500. The largest absolute Gasteiger partial charge is 0.490 e. The zero-order chi connectivity index (χ0) is 35.2. The molecule has 1 aliphatic heterocycles. The molecule has 0 bridgehead atoms. The minimum Gasteiger partial charge on any atom is -0.490 e. The highest BCUT2D eigenvalue weighted by molar-refractivity contribution is 7.92. The molecule has 0 radical (unpaired) electrons. The minimum atomic E-state index is -4.02. The molecule has 1 aliphatic rings. The number of aromatic nitrogens is 2. The molecule has 16 heteroatoms. The number of fused-ring (bicyclic) bond motifs is 1. The Bertz CT molecular complexity index is 1770. The Morgan fingerprint density at radius 3 is 2.48 bits per heavy atom. The van der Waals surface area contributed by atoms with Crippen LogP contribution in [-0.4, -0.2) is 98.2 Å². The number of aliphatic hydroxyl groups is 1. The van der Waals surface area contributed by atoms with Crippen LogP contribution in [0.3, 0.4) is 0 Å². The predicted octanol–water partition coefficient (Wildman–Crippen LogP) is 3.99. The molecular weight excluding hydrogens is 682 g/mol. The summed E-state index contributed by atoms with van der Waals surface area (Å²) >= 11 is 5.94. The van der Waals surface area contributed by atoms with Gasteiger partial charge in [-0.3, -0.25) is 9.52 Å². The first-order chi connectivity index (χ1) is 22.6. The van der Waals surface area contributed by atoms with E-state index in [4.69, 9.17) is 21.1 Å². The summed E-state index contributed by atoms with van der Waals surface area (Å²) in [5, 5.41) is 10.5. The van der Waals surface area contributed by atoms with Crippen LogP contribution in [0.15, 0.2) is 64.9 Å². The van der Waals surface area contributed by atoms with Crippen molar-refractivity contribution in [1.29, 1.82) is 0 Å². The number of carbonyl (C=O) groups excluding carboxylic acids is 1. The number of amides is 1. The van der Waals surface area contributed by atoms with Crippen molar-refractivity contribution in [3.8, 4) is 5.75 Å². The lowest BCUT2D eigenvalue weighted by atomic mass is 10.0. The Morgan fingerprint density at radius 2 is 1.83 bits per heavy atom. The van der Waals surface area contributed by atoms with Gasteiger partial charge in [-0.25, -0.2) is 21.8 Å². The normalized spacial score (nSPS) is 20.9. The van der Waals surface area contributed by atoms with Crippen LogP contribution < -0.4 is 9.46 Å². The van der Waals surface area contributed by atoms with Crippen LogP contribution in [-0.2, 0) is 31.8 Å². The number of halogens is 1. The van der Waals surface area contributed by atoms with E-state index in [1.54, 1.807) is 24.6 Å². The van der Waals surface area contributed by atoms with Crippen LogP contribution in [0.25, 0.3) is 0 Å². The van der Waals surface area contributed by atoms with Crippen LogP contribution in [0.2, 0.25) is 5.02 Å². The zero-order valence-electron chi connectivity index (χ0n) is 27.7. The van der Waals surface area contributed by atoms with Gasteiger partial charge in [-0.2, -0.15) is 4.31 Å². The molecule has 2 heterocycles. The Morgan fingerprint density at radius 1 is 1.12 bits per heavy atom. The number of hydrogen-bond acceptors (Lipinski definition) is 9. The Kier molecular flexibility index (Phi) is 12.5. The van der Waals surface area contributed by atoms with E-state index in [2.05, 4.69) is 9.71 Å². The third kappa shape index (κ3) is 9.27. The van der Waals surface area contributed by atoms with Gasteiger partial charge in [-0.15, -0.1) is 0 Å². The Labute approximate surface area is 287 Å². The quantitative estimate of drug-likeness (QED) is 0.333. The third-order valence-corrected chi connectivity index (χ3v) is 11.6. The predicted molar refractivity (Wildman–Crippen MR) is 182 cm³/mol. The third-order valence-electron chi connectivity index (χ3n) is 8.22. The Hall–Kier alpha value is -3.21. The molecule has 0 aliphatic carbocycles. The summed E-state index contributed by atoms with van der Waals surface area (Å²) in [6.45, 7) is 5.55. The highest BCUT2D eigenvalue weighted by Crippen LogP contribution is 2.30. The summed E-state index contributed by atoms with van der Waals surface area (Å²) in [6, 6.07) is 9.55. The zero-order valence-corrected chi connectivity index (χ0v) is 30.1. The van der Waals surface area contributed by atoms with Gasteiger partial charge in [0.15, 0.2) is 5.03 Å². The van der Waals surface area contributed by atoms with Crippen LogP contribution >= 0.6 is 11.6 Å². The van der Waals surface area contributed by atoms with Gasteiger partial charge in [-0.05, 0) is 75.6 Å². The summed E-state index contributed by atoms with van der Waals surface area (Å²) < 4.78 is 70.7. The molecular formula is C32H44ClN5O8S2. The second-order valence-corrected chi connectivity index (χ2v) is 16.3. The summed E-state index contributed by atoms with van der Waals surface area (Å²) in [5.74, 6) is -0.610.